The maximum absolute atomic E-state index is 5.17. The van der Waals surface area contributed by atoms with Crippen molar-refractivity contribution in [3.8, 4) is 0 Å². The highest BCUT2D eigenvalue weighted by atomic mass is 32.1. The van der Waals surface area contributed by atoms with E-state index in [0.717, 1.165) is 0 Å². The van der Waals surface area contributed by atoms with Crippen molar-refractivity contribution in [2.24, 2.45) is 0 Å². The van der Waals surface area contributed by atoms with Gasteiger partial charge < -0.3 is 5.73 Å². The number of aromatic amines is 3. The van der Waals surface area contributed by atoms with Gasteiger partial charge in [-0.2, -0.15) is 10.2 Å². The molecule has 0 bridgehead atoms. The predicted molar refractivity (Wildman–Crippen MR) is 26.9 cm³/mol. The van der Waals surface area contributed by atoms with Gasteiger partial charge in [-0.05, 0) is 12.2 Å². The summed E-state index contributed by atoms with van der Waals surface area (Å²) in [6.07, 6.45) is 0. The largest absolute Gasteiger partial charge is 0.335 e. The van der Waals surface area contributed by atoms with Crippen LogP contribution in [-0.2, 0) is 0 Å². The van der Waals surface area contributed by atoms with Gasteiger partial charge in [0.1, 0.15) is 0 Å². The van der Waals surface area contributed by atoms with Crippen LogP contribution in [0.4, 0.5) is 5.95 Å². The minimum Gasteiger partial charge on any atom is -0.308 e. The molecule has 0 amide bonds. The Balaban J connectivity index is 3.30. The number of hydrogen-bond acceptors (Lipinski definition) is 2. The molecule has 0 saturated heterocycles. The van der Waals surface area contributed by atoms with E-state index in [2.05, 4.69) is 27.4 Å². The van der Waals surface area contributed by atoms with E-state index < -0.39 is 0 Å². The molecule has 5 heteroatoms. The zero-order chi connectivity index (χ0) is 5.28. The normalized spacial score (nSPS) is 9.14. The standard InChI is InChI=1S/C2H4N4S/c3-1-4-2(7)6-5-1/h(H4,3,4,5,6,7)/p+1. The zero-order valence-electron chi connectivity index (χ0n) is 3.49. The molecule has 38 valence electrons. The second kappa shape index (κ2) is 1.34. The summed E-state index contributed by atoms with van der Waals surface area (Å²) in [5.74, 6) is 0.449. The molecule has 1 rings (SSSR count). The number of hydrogen-bond donors (Lipinski definition) is 3. The van der Waals surface area contributed by atoms with Gasteiger partial charge in [-0.15, -0.1) is 0 Å². The SMILES string of the molecule is Nc1[nH][nH]c(=S)[nH+]1. The maximum atomic E-state index is 5.17. The number of H-pyrrole nitrogens is 3. The summed E-state index contributed by atoms with van der Waals surface area (Å²) >= 11 is 4.61. The second-order valence-electron chi connectivity index (χ2n) is 1.12. The molecule has 0 aliphatic rings. The first-order valence-electron chi connectivity index (χ1n) is 1.74. The summed E-state index contributed by atoms with van der Waals surface area (Å²) in [5, 5.41) is 5.14. The molecule has 0 spiro atoms. The quantitative estimate of drug-likeness (QED) is 0.400. The number of rotatable bonds is 0. The molecular weight excluding hydrogens is 112 g/mol. The smallest absolute Gasteiger partial charge is 0.308 e. The molecule has 0 fully saturated rings. The molecule has 0 radical (unpaired) electrons. The average molecular weight is 117 g/mol. The molecule has 0 aliphatic carbocycles. The van der Waals surface area contributed by atoms with E-state index in [1.165, 1.54) is 0 Å². The first-order valence-corrected chi connectivity index (χ1v) is 2.15. The lowest BCUT2D eigenvalue weighted by atomic mass is 11.1. The van der Waals surface area contributed by atoms with Crippen molar-refractivity contribution < 1.29 is 4.98 Å². The minimum absolute atomic E-state index is 0.449. The van der Waals surface area contributed by atoms with Crippen molar-refractivity contribution in [1.82, 2.24) is 10.2 Å². The van der Waals surface area contributed by atoms with Gasteiger partial charge in [0.15, 0.2) is 0 Å². The Morgan fingerprint density at radius 2 is 2.29 bits per heavy atom. The summed E-state index contributed by atoms with van der Waals surface area (Å²) in [4.78, 5) is 2.62. The van der Waals surface area contributed by atoms with Crippen molar-refractivity contribution in [3.05, 3.63) is 4.77 Å². The molecule has 0 saturated carbocycles. The number of nitrogens with two attached hydrogens (primary N) is 1. The van der Waals surface area contributed by atoms with Crippen LogP contribution in [0.25, 0.3) is 0 Å². The Hall–Kier alpha value is -0.840. The molecule has 1 aromatic rings. The van der Waals surface area contributed by atoms with E-state index in [1.807, 2.05) is 0 Å². The van der Waals surface area contributed by atoms with E-state index in [9.17, 15) is 0 Å². The zero-order valence-corrected chi connectivity index (χ0v) is 4.30. The molecule has 5 N–H and O–H groups in total. The molecule has 1 heterocycles. The van der Waals surface area contributed by atoms with E-state index in [1.54, 1.807) is 0 Å². The van der Waals surface area contributed by atoms with Crippen molar-refractivity contribution >= 4 is 18.2 Å². The van der Waals surface area contributed by atoms with Gasteiger partial charge in [-0.3, -0.25) is 0 Å². The van der Waals surface area contributed by atoms with Crippen LogP contribution in [0.1, 0.15) is 0 Å². The van der Waals surface area contributed by atoms with Crippen LogP contribution >= 0.6 is 12.2 Å². The third-order valence-electron chi connectivity index (χ3n) is 0.559. The third-order valence-corrected chi connectivity index (χ3v) is 0.763. The molecule has 0 atom stereocenters. The summed E-state index contributed by atoms with van der Waals surface area (Å²) in [6, 6.07) is 0. The summed E-state index contributed by atoms with van der Waals surface area (Å²) < 4.78 is 0.512. The van der Waals surface area contributed by atoms with Crippen molar-refractivity contribution in [2.75, 3.05) is 5.73 Å². The average Bonchev–Trinajstić information content (AvgIpc) is 1.87. The molecular formula is C2H5N4S+. The Morgan fingerprint density at radius 1 is 1.57 bits per heavy atom. The second-order valence-corrected chi connectivity index (χ2v) is 1.53. The fourth-order valence-electron chi connectivity index (χ4n) is 0.309. The van der Waals surface area contributed by atoms with Crippen LogP contribution in [-0.4, -0.2) is 10.2 Å². The summed E-state index contributed by atoms with van der Waals surface area (Å²) in [6.45, 7) is 0. The molecule has 0 aromatic carbocycles. The predicted octanol–water partition coefficient (Wildman–Crippen LogP) is -0.531. The Kier molecular flexibility index (Phi) is 0.828. The fraction of sp³-hybridized carbons (Fsp3) is 0. The van der Waals surface area contributed by atoms with E-state index in [0.29, 0.717) is 10.7 Å². The van der Waals surface area contributed by atoms with Crippen LogP contribution in [0.2, 0.25) is 0 Å². The maximum Gasteiger partial charge on any atom is 0.335 e. The summed E-state index contributed by atoms with van der Waals surface area (Å²) in [5.41, 5.74) is 5.17. The van der Waals surface area contributed by atoms with Crippen LogP contribution < -0.4 is 10.7 Å². The van der Waals surface area contributed by atoms with Crippen LogP contribution in [0.3, 0.4) is 0 Å². The molecule has 1 aromatic heterocycles. The molecule has 0 unspecified atom stereocenters. The molecule has 4 nitrogen and oxygen atoms in total. The summed E-state index contributed by atoms with van der Waals surface area (Å²) in [7, 11) is 0. The van der Waals surface area contributed by atoms with Gasteiger partial charge in [0.25, 0.3) is 4.77 Å². The van der Waals surface area contributed by atoms with Crippen LogP contribution in [0.15, 0.2) is 0 Å². The topological polar surface area (TPSA) is 71.7 Å². The highest BCUT2D eigenvalue weighted by Gasteiger charge is 1.87. The van der Waals surface area contributed by atoms with Crippen LogP contribution in [0, 0.1) is 4.77 Å². The van der Waals surface area contributed by atoms with Gasteiger partial charge in [0, 0.05) is 0 Å². The number of aromatic nitrogens is 3. The lowest BCUT2D eigenvalue weighted by Crippen LogP contribution is -2.05. The monoisotopic (exact) mass is 117 g/mol. The number of anilines is 1. The Labute approximate surface area is 44.7 Å². The van der Waals surface area contributed by atoms with E-state index >= 15 is 0 Å². The van der Waals surface area contributed by atoms with Gasteiger partial charge in [0.2, 0.25) is 0 Å². The fourth-order valence-corrected chi connectivity index (χ4v) is 0.470. The number of nitrogens with one attached hydrogen (secondary N) is 3. The first-order chi connectivity index (χ1) is 3.29. The van der Waals surface area contributed by atoms with E-state index in [4.69, 9.17) is 5.73 Å². The first kappa shape index (κ1) is 4.32. The Bertz CT molecular complexity index is 197. The Morgan fingerprint density at radius 3 is 2.43 bits per heavy atom. The van der Waals surface area contributed by atoms with Crippen molar-refractivity contribution in [2.45, 2.75) is 0 Å². The highest BCUT2D eigenvalue weighted by molar-refractivity contribution is 7.71. The van der Waals surface area contributed by atoms with Gasteiger partial charge in [-0.25, -0.2) is 4.98 Å². The van der Waals surface area contributed by atoms with Gasteiger partial charge in [0.05, 0.1) is 0 Å². The van der Waals surface area contributed by atoms with E-state index in [-0.39, 0.29) is 0 Å². The van der Waals surface area contributed by atoms with Crippen molar-refractivity contribution in [1.29, 1.82) is 0 Å². The minimum atomic E-state index is 0.449. The lowest BCUT2D eigenvalue weighted by molar-refractivity contribution is -0.368. The van der Waals surface area contributed by atoms with Gasteiger partial charge in [-0.1, -0.05) is 0 Å². The van der Waals surface area contributed by atoms with Crippen LogP contribution in [0.5, 0.6) is 0 Å². The molecule has 0 aliphatic heterocycles. The van der Waals surface area contributed by atoms with Gasteiger partial charge >= 0.3 is 5.95 Å². The molecule has 7 heavy (non-hydrogen) atoms. The van der Waals surface area contributed by atoms with Crippen molar-refractivity contribution in [3.63, 3.8) is 0 Å². The lowest BCUT2D eigenvalue weighted by Gasteiger charge is -1.61. The number of nitrogen functional groups attached to an aromatic ring is 1. The third kappa shape index (κ3) is 0.774. The highest BCUT2D eigenvalue weighted by Crippen LogP contribution is 1.73.